The van der Waals surface area contributed by atoms with Crippen LogP contribution in [0.15, 0.2) is 53.7 Å². The first-order chi connectivity index (χ1) is 16.3. The maximum Gasteiger partial charge on any atom is 0.196 e. The molecule has 4 rings (SSSR count). The van der Waals surface area contributed by atoms with Crippen molar-refractivity contribution in [2.45, 2.75) is 32.9 Å². The lowest BCUT2D eigenvalue weighted by Gasteiger charge is -2.11. The number of ether oxygens (including phenoxy) is 1. The first kappa shape index (κ1) is 23.5. The molecule has 2 aromatic heterocycles. The predicted octanol–water partition coefficient (Wildman–Crippen LogP) is 5.37. The second-order valence-corrected chi connectivity index (χ2v) is 9.04. The summed E-state index contributed by atoms with van der Waals surface area (Å²) in [5.74, 6) is 1.44. The second kappa shape index (κ2) is 9.69. The number of aryl methyl sites for hydroxylation is 2. The molecule has 0 saturated carbocycles. The van der Waals surface area contributed by atoms with Gasteiger partial charge in [-0.05, 0) is 69.7 Å². The molecule has 34 heavy (non-hydrogen) atoms. The van der Waals surface area contributed by atoms with E-state index in [1.54, 1.807) is 14.0 Å². The fourth-order valence-corrected chi connectivity index (χ4v) is 4.80. The van der Waals surface area contributed by atoms with Gasteiger partial charge in [-0.2, -0.15) is 0 Å². The van der Waals surface area contributed by atoms with Crippen LogP contribution in [0.5, 0.6) is 5.75 Å². The Morgan fingerprint density at radius 1 is 1.00 bits per heavy atom. The number of ketones is 2. The van der Waals surface area contributed by atoms with Crippen molar-refractivity contribution < 1.29 is 14.3 Å². The maximum atomic E-state index is 13.0. The van der Waals surface area contributed by atoms with Crippen LogP contribution in [0.3, 0.4) is 0 Å². The molecule has 0 bridgehead atoms. The van der Waals surface area contributed by atoms with Gasteiger partial charge in [0, 0.05) is 22.5 Å². The number of nitrogens with one attached hydrogen (secondary N) is 1. The molecule has 0 aliphatic carbocycles. The van der Waals surface area contributed by atoms with Crippen molar-refractivity contribution in [2.24, 2.45) is 0 Å². The van der Waals surface area contributed by atoms with E-state index in [4.69, 9.17) is 4.74 Å². The number of nitrogens with zero attached hydrogens (tertiary/aromatic N) is 3. The minimum Gasteiger partial charge on any atom is -0.497 e. The Labute approximate surface area is 202 Å². The number of benzene rings is 2. The lowest BCUT2D eigenvalue weighted by atomic mass is 10.1. The van der Waals surface area contributed by atoms with Gasteiger partial charge in [-0.25, -0.2) is 0 Å². The van der Waals surface area contributed by atoms with E-state index in [0.29, 0.717) is 33.5 Å². The van der Waals surface area contributed by atoms with Gasteiger partial charge in [0.15, 0.2) is 22.5 Å². The van der Waals surface area contributed by atoms with E-state index in [-0.39, 0.29) is 17.3 Å². The molecule has 174 valence electrons. The molecule has 4 aromatic rings. The average Bonchev–Trinajstić information content (AvgIpc) is 3.38. The molecule has 0 unspecified atom stereocenters. The van der Waals surface area contributed by atoms with Gasteiger partial charge in [0.1, 0.15) is 5.75 Å². The Morgan fingerprint density at radius 3 is 2.26 bits per heavy atom. The second-order valence-electron chi connectivity index (χ2n) is 8.10. The SMILES string of the molecule is COc1ccc(-c2nnc(SCC(=O)c3[nH]c(C)c(C(C)=O)c3C)n2-c2ccc(C)cc2)cc1. The summed E-state index contributed by atoms with van der Waals surface area (Å²) in [5, 5.41) is 9.45. The Hall–Kier alpha value is -3.65. The van der Waals surface area contributed by atoms with Gasteiger partial charge in [0.2, 0.25) is 0 Å². The first-order valence-electron chi connectivity index (χ1n) is 10.8. The number of carbonyl (C=O) groups is 2. The van der Waals surface area contributed by atoms with Crippen LogP contribution < -0.4 is 4.74 Å². The van der Waals surface area contributed by atoms with Crippen molar-refractivity contribution in [3.05, 3.63) is 76.6 Å². The monoisotopic (exact) mass is 474 g/mol. The van der Waals surface area contributed by atoms with Gasteiger partial charge in [-0.1, -0.05) is 29.5 Å². The fourth-order valence-electron chi connectivity index (χ4n) is 3.98. The van der Waals surface area contributed by atoms with E-state index < -0.39 is 0 Å². The van der Waals surface area contributed by atoms with E-state index in [9.17, 15) is 9.59 Å². The highest BCUT2D eigenvalue weighted by Gasteiger charge is 2.22. The first-order valence-corrected chi connectivity index (χ1v) is 11.8. The van der Waals surface area contributed by atoms with Crippen molar-refractivity contribution >= 4 is 23.3 Å². The number of hydrogen-bond donors (Lipinski definition) is 1. The molecule has 7 nitrogen and oxygen atoms in total. The number of aromatic nitrogens is 4. The number of aromatic amines is 1. The molecule has 0 spiro atoms. The average molecular weight is 475 g/mol. The Kier molecular flexibility index (Phi) is 6.70. The van der Waals surface area contributed by atoms with Gasteiger partial charge < -0.3 is 9.72 Å². The van der Waals surface area contributed by atoms with E-state index in [2.05, 4.69) is 15.2 Å². The smallest absolute Gasteiger partial charge is 0.196 e. The molecular weight excluding hydrogens is 448 g/mol. The van der Waals surface area contributed by atoms with Gasteiger partial charge in [-0.3, -0.25) is 14.2 Å². The topological polar surface area (TPSA) is 89.9 Å². The number of carbonyl (C=O) groups excluding carboxylic acids is 2. The zero-order valence-corrected chi connectivity index (χ0v) is 20.6. The lowest BCUT2D eigenvalue weighted by molar-refractivity contribution is 0.101. The summed E-state index contributed by atoms with van der Waals surface area (Å²) >= 11 is 1.31. The van der Waals surface area contributed by atoms with Crippen LogP contribution in [0.2, 0.25) is 0 Å². The van der Waals surface area contributed by atoms with E-state index >= 15 is 0 Å². The summed E-state index contributed by atoms with van der Waals surface area (Å²) < 4.78 is 7.22. The maximum absolute atomic E-state index is 13.0. The van der Waals surface area contributed by atoms with Crippen LogP contribution in [0, 0.1) is 20.8 Å². The molecule has 0 amide bonds. The summed E-state index contributed by atoms with van der Waals surface area (Å²) in [6.45, 7) is 7.15. The number of hydrogen-bond acceptors (Lipinski definition) is 6. The van der Waals surface area contributed by atoms with Crippen LogP contribution in [-0.2, 0) is 0 Å². The third-order valence-corrected chi connectivity index (χ3v) is 6.60. The molecule has 0 fully saturated rings. The quantitative estimate of drug-likeness (QED) is 0.273. The number of Topliss-reactive ketones (excluding diaryl/α,β-unsaturated/α-hetero) is 2. The molecule has 8 heteroatoms. The van der Waals surface area contributed by atoms with Crippen LogP contribution in [-0.4, -0.2) is 44.2 Å². The number of methoxy groups -OCH3 is 1. The minimum absolute atomic E-state index is 0.0544. The summed E-state index contributed by atoms with van der Waals surface area (Å²) in [6, 6.07) is 15.7. The molecule has 0 atom stereocenters. The Balaban J connectivity index is 1.67. The number of thioether (sulfide) groups is 1. The predicted molar refractivity (Wildman–Crippen MR) is 133 cm³/mol. The lowest BCUT2D eigenvalue weighted by Crippen LogP contribution is -2.07. The zero-order valence-electron chi connectivity index (χ0n) is 19.8. The highest BCUT2D eigenvalue weighted by Crippen LogP contribution is 2.30. The molecule has 0 saturated heterocycles. The molecule has 0 aliphatic rings. The zero-order chi connectivity index (χ0) is 24.4. The normalized spacial score (nSPS) is 11.0. The third kappa shape index (κ3) is 4.54. The Bertz CT molecular complexity index is 1350. The third-order valence-electron chi connectivity index (χ3n) is 5.67. The molecule has 1 N–H and O–H groups in total. The van der Waals surface area contributed by atoms with E-state index in [0.717, 1.165) is 22.6 Å². The number of rotatable bonds is 8. The van der Waals surface area contributed by atoms with Crippen molar-refractivity contribution in [3.8, 4) is 22.8 Å². The number of H-pyrrole nitrogens is 1. The molecule has 0 aliphatic heterocycles. The summed E-state index contributed by atoms with van der Waals surface area (Å²) in [4.78, 5) is 28.1. The van der Waals surface area contributed by atoms with Gasteiger partial charge in [-0.15, -0.1) is 10.2 Å². The van der Waals surface area contributed by atoms with Crippen LogP contribution in [0.4, 0.5) is 0 Å². The largest absolute Gasteiger partial charge is 0.497 e. The van der Waals surface area contributed by atoms with Crippen LogP contribution in [0.1, 0.15) is 44.6 Å². The van der Waals surface area contributed by atoms with Crippen LogP contribution in [0.25, 0.3) is 17.1 Å². The van der Waals surface area contributed by atoms with Crippen molar-refractivity contribution in [2.75, 3.05) is 12.9 Å². The van der Waals surface area contributed by atoms with Gasteiger partial charge in [0.25, 0.3) is 0 Å². The summed E-state index contributed by atoms with van der Waals surface area (Å²) in [6.07, 6.45) is 0. The molecule has 2 aromatic carbocycles. The molecule has 2 heterocycles. The summed E-state index contributed by atoms with van der Waals surface area (Å²) in [7, 11) is 1.63. The summed E-state index contributed by atoms with van der Waals surface area (Å²) in [5.41, 5.74) is 5.38. The molecular formula is C26H26N4O3S. The van der Waals surface area contributed by atoms with E-state index in [1.165, 1.54) is 18.7 Å². The fraction of sp³-hybridized carbons (Fsp3) is 0.231. The highest BCUT2D eigenvalue weighted by molar-refractivity contribution is 7.99. The van der Waals surface area contributed by atoms with Gasteiger partial charge >= 0.3 is 0 Å². The van der Waals surface area contributed by atoms with E-state index in [1.807, 2.05) is 66.9 Å². The van der Waals surface area contributed by atoms with Gasteiger partial charge in [0.05, 0.1) is 18.6 Å². The van der Waals surface area contributed by atoms with Crippen LogP contribution >= 0.6 is 11.8 Å². The Morgan fingerprint density at radius 2 is 1.68 bits per heavy atom. The van der Waals surface area contributed by atoms with Crippen molar-refractivity contribution in [3.63, 3.8) is 0 Å². The molecule has 0 radical (unpaired) electrons. The standard InChI is InChI=1S/C26H26N4O3S/c1-15-6-10-20(11-7-15)30-25(19-8-12-21(33-5)13-9-19)28-29-26(30)34-14-22(32)24-16(2)23(18(4)31)17(3)27-24/h6-13,27H,14H2,1-5H3. The van der Waals surface area contributed by atoms with Crippen molar-refractivity contribution in [1.82, 2.24) is 19.7 Å². The highest BCUT2D eigenvalue weighted by atomic mass is 32.2. The van der Waals surface area contributed by atoms with Crippen molar-refractivity contribution in [1.29, 1.82) is 0 Å². The minimum atomic E-state index is -0.0949.